The molecule has 0 radical (unpaired) electrons. The van der Waals surface area contributed by atoms with Gasteiger partial charge in [-0.1, -0.05) is 11.3 Å². The number of thiazole rings is 1. The summed E-state index contributed by atoms with van der Waals surface area (Å²) in [5.74, 6) is -1.86. The summed E-state index contributed by atoms with van der Waals surface area (Å²) in [6.45, 7) is 3.37. The first-order chi connectivity index (χ1) is 12.8. The highest BCUT2D eigenvalue weighted by Gasteiger charge is 2.15. The predicted molar refractivity (Wildman–Crippen MR) is 97.7 cm³/mol. The van der Waals surface area contributed by atoms with Gasteiger partial charge in [-0.25, -0.2) is 13.8 Å². The first-order valence-corrected chi connectivity index (χ1v) is 8.79. The molecule has 0 spiro atoms. The van der Waals surface area contributed by atoms with E-state index in [-0.39, 0.29) is 28.5 Å². The maximum atomic E-state index is 13.7. The lowest BCUT2D eigenvalue weighted by Gasteiger charge is -2.10. The largest absolute Gasteiger partial charge is 0.325 e. The summed E-state index contributed by atoms with van der Waals surface area (Å²) in [5, 5.41) is 11.8. The van der Waals surface area contributed by atoms with Crippen LogP contribution in [0.15, 0.2) is 16.9 Å². The Bertz CT molecular complexity index is 1160. The maximum Gasteiger partial charge on any atom is 0.266 e. The highest BCUT2D eigenvalue weighted by Crippen LogP contribution is 2.28. The monoisotopic (exact) mass is 388 g/mol. The number of pyridine rings is 1. The summed E-state index contributed by atoms with van der Waals surface area (Å²) in [7, 11) is 0. The summed E-state index contributed by atoms with van der Waals surface area (Å²) in [6, 6.07) is 3.76. The minimum absolute atomic E-state index is 0.00249. The van der Waals surface area contributed by atoms with E-state index in [1.54, 1.807) is 13.8 Å². The molecule has 27 heavy (non-hydrogen) atoms. The first kappa shape index (κ1) is 18.7. The lowest BCUT2D eigenvalue weighted by molar-refractivity contribution is -0.116. The number of H-pyrrole nitrogens is 1. The molecule has 1 aromatic carbocycles. The van der Waals surface area contributed by atoms with Crippen molar-refractivity contribution in [3.8, 4) is 6.07 Å². The zero-order valence-corrected chi connectivity index (χ0v) is 15.3. The van der Waals surface area contributed by atoms with Gasteiger partial charge in [0.25, 0.3) is 5.56 Å². The molecule has 0 fully saturated rings. The van der Waals surface area contributed by atoms with Gasteiger partial charge in [-0.2, -0.15) is 5.26 Å². The second-order valence-corrected chi connectivity index (χ2v) is 7.00. The van der Waals surface area contributed by atoms with E-state index in [0.717, 1.165) is 29.0 Å². The van der Waals surface area contributed by atoms with Gasteiger partial charge in [-0.3, -0.25) is 9.59 Å². The van der Waals surface area contributed by atoms with Gasteiger partial charge in [0.1, 0.15) is 23.0 Å². The number of anilines is 1. The van der Waals surface area contributed by atoms with Crippen molar-refractivity contribution in [2.45, 2.75) is 26.7 Å². The fourth-order valence-electron chi connectivity index (χ4n) is 2.85. The van der Waals surface area contributed by atoms with Gasteiger partial charge in [0.15, 0.2) is 10.9 Å². The van der Waals surface area contributed by atoms with Gasteiger partial charge < -0.3 is 10.3 Å². The fraction of sp³-hybridized carbons (Fsp3) is 0.222. The Kier molecular flexibility index (Phi) is 5.01. The second-order valence-electron chi connectivity index (χ2n) is 5.97. The molecule has 2 heterocycles. The first-order valence-electron chi connectivity index (χ1n) is 7.98. The Morgan fingerprint density at radius 2 is 2.11 bits per heavy atom. The van der Waals surface area contributed by atoms with Crippen molar-refractivity contribution in [1.29, 1.82) is 5.26 Å². The van der Waals surface area contributed by atoms with E-state index in [4.69, 9.17) is 5.26 Å². The van der Waals surface area contributed by atoms with E-state index in [1.807, 2.05) is 6.07 Å². The molecule has 138 valence electrons. The molecule has 2 aromatic heterocycles. The van der Waals surface area contributed by atoms with Gasteiger partial charge in [0, 0.05) is 18.2 Å². The van der Waals surface area contributed by atoms with Crippen LogP contribution in [0.25, 0.3) is 10.2 Å². The number of carbonyl (C=O) groups excluding carboxylic acids is 1. The van der Waals surface area contributed by atoms with Crippen molar-refractivity contribution in [2.75, 3.05) is 5.32 Å². The number of amides is 1. The third kappa shape index (κ3) is 3.71. The number of aromatic nitrogens is 2. The number of aryl methyl sites for hydroxylation is 1. The number of nitrogens with one attached hydrogen (secondary N) is 2. The highest BCUT2D eigenvalue weighted by atomic mass is 32.1. The summed E-state index contributed by atoms with van der Waals surface area (Å²) in [4.78, 5) is 30.5. The lowest BCUT2D eigenvalue weighted by atomic mass is 9.99. The van der Waals surface area contributed by atoms with Crippen LogP contribution in [0.2, 0.25) is 0 Å². The van der Waals surface area contributed by atoms with E-state index in [2.05, 4.69) is 15.3 Å². The molecular formula is C18H14F2N4O2S. The highest BCUT2D eigenvalue weighted by molar-refractivity contribution is 7.22. The molecule has 3 rings (SSSR count). The van der Waals surface area contributed by atoms with Crippen LogP contribution in [0, 0.1) is 36.8 Å². The fourth-order valence-corrected chi connectivity index (χ4v) is 3.77. The topological polar surface area (TPSA) is 98.6 Å². The summed E-state index contributed by atoms with van der Waals surface area (Å²) >= 11 is 0.976. The molecule has 0 atom stereocenters. The number of benzene rings is 1. The average molecular weight is 388 g/mol. The molecule has 2 N–H and O–H groups in total. The molecule has 0 unspecified atom stereocenters. The minimum atomic E-state index is -0.787. The number of rotatable bonds is 4. The number of nitriles is 1. The third-order valence-electron chi connectivity index (χ3n) is 4.18. The van der Waals surface area contributed by atoms with E-state index >= 15 is 0 Å². The Labute approximate surface area is 156 Å². The normalized spacial score (nSPS) is 10.8. The molecule has 0 aliphatic carbocycles. The Balaban J connectivity index is 1.75. The quantitative estimate of drug-likeness (QED) is 0.716. The molecule has 9 heteroatoms. The van der Waals surface area contributed by atoms with E-state index in [9.17, 15) is 18.4 Å². The molecule has 0 saturated carbocycles. The number of fused-ring (bicyclic) bond motifs is 1. The molecule has 0 bridgehead atoms. The van der Waals surface area contributed by atoms with Crippen molar-refractivity contribution in [3.05, 3.63) is 56.5 Å². The van der Waals surface area contributed by atoms with E-state index in [1.165, 1.54) is 0 Å². The van der Waals surface area contributed by atoms with Crippen LogP contribution in [0.5, 0.6) is 0 Å². The van der Waals surface area contributed by atoms with Gasteiger partial charge in [-0.05, 0) is 37.5 Å². The predicted octanol–water partition coefficient (Wildman–Crippen LogP) is 3.32. The summed E-state index contributed by atoms with van der Waals surface area (Å²) in [5.41, 5.74) is 1.44. The minimum Gasteiger partial charge on any atom is -0.325 e. The number of halogens is 2. The Morgan fingerprint density at radius 1 is 1.37 bits per heavy atom. The van der Waals surface area contributed by atoms with Crippen LogP contribution >= 0.6 is 11.3 Å². The lowest BCUT2D eigenvalue weighted by Crippen LogP contribution is -2.18. The smallest absolute Gasteiger partial charge is 0.266 e. The van der Waals surface area contributed by atoms with Crippen LogP contribution in [0.4, 0.5) is 13.9 Å². The van der Waals surface area contributed by atoms with Crippen LogP contribution < -0.4 is 10.9 Å². The van der Waals surface area contributed by atoms with Gasteiger partial charge in [-0.15, -0.1) is 0 Å². The Morgan fingerprint density at radius 3 is 2.81 bits per heavy atom. The molecule has 0 aliphatic heterocycles. The van der Waals surface area contributed by atoms with Crippen molar-refractivity contribution < 1.29 is 13.6 Å². The van der Waals surface area contributed by atoms with Crippen molar-refractivity contribution in [2.24, 2.45) is 0 Å². The molecule has 0 aliphatic rings. The van der Waals surface area contributed by atoms with Crippen molar-refractivity contribution in [1.82, 2.24) is 9.97 Å². The van der Waals surface area contributed by atoms with Gasteiger partial charge >= 0.3 is 0 Å². The number of hydrogen-bond donors (Lipinski definition) is 2. The van der Waals surface area contributed by atoms with Crippen LogP contribution in [-0.2, 0) is 11.2 Å². The zero-order valence-electron chi connectivity index (χ0n) is 14.4. The molecule has 3 aromatic rings. The number of aromatic amines is 1. The average Bonchev–Trinajstić information content (AvgIpc) is 2.97. The van der Waals surface area contributed by atoms with Crippen LogP contribution in [0.1, 0.15) is 28.8 Å². The third-order valence-corrected chi connectivity index (χ3v) is 5.10. The van der Waals surface area contributed by atoms with Gasteiger partial charge in [0.05, 0.1) is 4.70 Å². The summed E-state index contributed by atoms with van der Waals surface area (Å²) in [6.07, 6.45) is 0.383. The molecule has 0 saturated heterocycles. The number of carbonyl (C=O) groups is 1. The van der Waals surface area contributed by atoms with E-state index in [0.29, 0.717) is 22.4 Å². The van der Waals surface area contributed by atoms with Gasteiger partial charge in [0.2, 0.25) is 5.91 Å². The number of nitrogens with zero attached hydrogens (tertiary/aromatic N) is 2. The molecule has 6 nitrogen and oxygen atoms in total. The Hall–Kier alpha value is -3.12. The molecular weight excluding hydrogens is 374 g/mol. The second kappa shape index (κ2) is 7.25. The SMILES string of the molecule is Cc1[nH]c(=O)c(C#N)c(C)c1CCC(=O)Nc1nc2c(F)cc(F)cc2s1. The maximum absolute atomic E-state index is 13.7. The summed E-state index contributed by atoms with van der Waals surface area (Å²) < 4.78 is 27.2. The zero-order chi connectivity index (χ0) is 19.7. The number of hydrogen-bond acceptors (Lipinski definition) is 5. The van der Waals surface area contributed by atoms with Crippen molar-refractivity contribution in [3.63, 3.8) is 0 Å². The van der Waals surface area contributed by atoms with E-state index < -0.39 is 17.2 Å². The van der Waals surface area contributed by atoms with Crippen LogP contribution in [0.3, 0.4) is 0 Å². The van der Waals surface area contributed by atoms with Crippen LogP contribution in [-0.4, -0.2) is 15.9 Å². The molecule has 1 amide bonds. The van der Waals surface area contributed by atoms with Crippen molar-refractivity contribution >= 4 is 32.6 Å². The standard InChI is InChI=1S/C18H14F2N4O2S/c1-8-11(9(2)22-17(26)12(8)7-21)3-4-15(25)23-18-24-16-13(20)5-10(19)6-14(16)27-18/h5-6H,3-4H2,1-2H3,(H,22,26)(H,23,24,25).